The number of nitrogens with zero attached hydrogens (tertiary/aromatic N) is 2. The molecular weight excluding hydrogens is 372 g/mol. The van der Waals surface area contributed by atoms with Crippen molar-refractivity contribution in [1.29, 1.82) is 0 Å². The lowest BCUT2D eigenvalue weighted by Gasteiger charge is -2.26. The number of phenolic OH excluding ortho intramolecular Hbond substituents is 1. The normalized spacial score (nSPS) is 18.4. The Hall–Kier alpha value is -2.13. The van der Waals surface area contributed by atoms with Crippen molar-refractivity contribution in [3.8, 4) is 5.75 Å². The van der Waals surface area contributed by atoms with Gasteiger partial charge < -0.3 is 14.7 Å². The predicted octanol–water partition coefficient (Wildman–Crippen LogP) is 1.35. The van der Waals surface area contributed by atoms with E-state index in [1.807, 2.05) is 0 Å². The molecule has 0 aromatic heterocycles. The van der Waals surface area contributed by atoms with Crippen LogP contribution in [-0.4, -0.2) is 67.4 Å². The van der Waals surface area contributed by atoms with E-state index in [0.29, 0.717) is 26.2 Å². The third-order valence-corrected chi connectivity index (χ3v) is 6.82. The fourth-order valence-corrected chi connectivity index (χ4v) is 4.90. The summed E-state index contributed by atoms with van der Waals surface area (Å²) in [6.45, 7) is 1.73. The molecule has 1 amide bonds. The first-order valence-electron chi connectivity index (χ1n) is 9.17. The number of sulfonamides is 1. The van der Waals surface area contributed by atoms with Crippen LogP contribution in [-0.2, 0) is 19.6 Å². The van der Waals surface area contributed by atoms with Crippen LogP contribution in [0.4, 0.5) is 0 Å². The van der Waals surface area contributed by atoms with Crippen molar-refractivity contribution in [3.05, 3.63) is 23.8 Å². The Balaban J connectivity index is 1.70. The summed E-state index contributed by atoms with van der Waals surface area (Å²) < 4.78 is 31.6. The van der Waals surface area contributed by atoms with Crippen LogP contribution < -0.4 is 0 Å². The molecule has 0 unspecified atom stereocenters. The van der Waals surface area contributed by atoms with Crippen molar-refractivity contribution in [2.45, 2.75) is 37.0 Å². The monoisotopic (exact) mass is 396 g/mol. The van der Waals surface area contributed by atoms with E-state index in [9.17, 15) is 23.1 Å². The number of hydrogen-bond donors (Lipinski definition) is 1. The van der Waals surface area contributed by atoms with E-state index in [1.54, 1.807) is 4.90 Å². The minimum absolute atomic E-state index is 0.0727. The molecule has 1 N–H and O–H groups in total. The van der Waals surface area contributed by atoms with E-state index < -0.39 is 22.6 Å². The molecule has 2 aliphatic rings. The minimum atomic E-state index is -3.72. The Morgan fingerprint density at radius 3 is 2.30 bits per heavy atom. The Bertz CT molecular complexity index is 811. The van der Waals surface area contributed by atoms with E-state index in [1.165, 1.54) is 10.4 Å². The standard InChI is InChI=1S/C18H24N2O6S/c21-16-7-6-14(27(24,25)20-10-4-5-11-20)12-15(16)18(23)26-13-17(22)19-8-2-1-3-9-19/h6-7,12,21H,1-5,8-11,13H2. The van der Waals surface area contributed by atoms with Gasteiger partial charge in [0.25, 0.3) is 5.91 Å². The largest absolute Gasteiger partial charge is 0.507 e. The molecule has 0 aliphatic carbocycles. The van der Waals surface area contributed by atoms with Gasteiger partial charge in [0, 0.05) is 26.2 Å². The molecule has 1 aromatic carbocycles. The molecule has 148 valence electrons. The Morgan fingerprint density at radius 1 is 1.00 bits per heavy atom. The second-order valence-electron chi connectivity index (χ2n) is 6.81. The van der Waals surface area contributed by atoms with Crippen LogP contribution in [0.3, 0.4) is 0 Å². The Kier molecular flexibility index (Phi) is 6.01. The molecule has 2 saturated heterocycles. The van der Waals surface area contributed by atoms with Gasteiger partial charge in [0.1, 0.15) is 11.3 Å². The molecular formula is C18H24N2O6S. The molecule has 0 atom stereocenters. The van der Waals surface area contributed by atoms with Gasteiger partial charge in [-0.1, -0.05) is 0 Å². The zero-order valence-electron chi connectivity index (χ0n) is 15.1. The first kappa shape index (κ1) is 19.6. The molecule has 9 heteroatoms. The van der Waals surface area contributed by atoms with Crippen LogP contribution >= 0.6 is 0 Å². The highest BCUT2D eigenvalue weighted by atomic mass is 32.2. The molecule has 8 nitrogen and oxygen atoms in total. The smallest absolute Gasteiger partial charge is 0.342 e. The molecule has 0 radical (unpaired) electrons. The maximum atomic E-state index is 12.6. The van der Waals surface area contributed by atoms with Crippen LogP contribution in [0.1, 0.15) is 42.5 Å². The van der Waals surface area contributed by atoms with Crippen LogP contribution in [0.5, 0.6) is 5.75 Å². The van der Waals surface area contributed by atoms with Crippen molar-refractivity contribution in [1.82, 2.24) is 9.21 Å². The number of hydrogen-bond acceptors (Lipinski definition) is 6. The highest BCUT2D eigenvalue weighted by molar-refractivity contribution is 7.89. The van der Waals surface area contributed by atoms with Crippen molar-refractivity contribution in [2.24, 2.45) is 0 Å². The van der Waals surface area contributed by atoms with Crippen molar-refractivity contribution >= 4 is 21.9 Å². The number of likely N-dealkylation sites (tertiary alicyclic amines) is 1. The summed E-state index contributed by atoms with van der Waals surface area (Å²) in [4.78, 5) is 26.0. The number of esters is 1. The Morgan fingerprint density at radius 2 is 1.63 bits per heavy atom. The fourth-order valence-electron chi connectivity index (χ4n) is 3.36. The van der Waals surface area contributed by atoms with Crippen LogP contribution in [0.2, 0.25) is 0 Å². The summed E-state index contributed by atoms with van der Waals surface area (Å²) in [7, 11) is -3.72. The number of rotatable bonds is 5. The average molecular weight is 396 g/mol. The van der Waals surface area contributed by atoms with Crippen LogP contribution in [0.25, 0.3) is 0 Å². The lowest BCUT2D eigenvalue weighted by atomic mass is 10.1. The molecule has 0 bridgehead atoms. The van der Waals surface area contributed by atoms with Gasteiger partial charge >= 0.3 is 5.97 Å². The van der Waals surface area contributed by atoms with E-state index in [0.717, 1.165) is 44.2 Å². The van der Waals surface area contributed by atoms with Gasteiger partial charge in [0.05, 0.1) is 4.90 Å². The highest BCUT2D eigenvalue weighted by Gasteiger charge is 2.29. The summed E-state index contributed by atoms with van der Waals surface area (Å²) in [5.41, 5.74) is -0.262. The quantitative estimate of drug-likeness (QED) is 0.754. The van der Waals surface area contributed by atoms with Gasteiger partial charge in [-0.05, 0) is 50.3 Å². The summed E-state index contributed by atoms with van der Waals surface area (Å²) in [6, 6.07) is 3.53. The topological polar surface area (TPSA) is 104 Å². The van der Waals surface area contributed by atoms with E-state index >= 15 is 0 Å². The number of piperidine rings is 1. The molecule has 27 heavy (non-hydrogen) atoms. The van der Waals surface area contributed by atoms with Crippen molar-refractivity contribution in [2.75, 3.05) is 32.8 Å². The maximum absolute atomic E-state index is 12.6. The summed E-state index contributed by atoms with van der Waals surface area (Å²) in [5, 5.41) is 9.95. The fraction of sp³-hybridized carbons (Fsp3) is 0.556. The van der Waals surface area contributed by atoms with Crippen molar-refractivity contribution in [3.63, 3.8) is 0 Å². The third-order valence-electron chi connectivity index (χ3n) is 4.93. The number of benzene rings is 1. The zero-order valence-corrected chi connectivity index (χ0v) is 15.9. The van der Waals surface area contributed by atoms with Crippen LogP contribution in [0, 0.1) is 0 Å². The summed E-state index contributed by atoms with van der Waals surface area (Å²) in [5.74, 6) is -1.59. The molecule has 3 rings (SSSR count). The molecule has 2 fully saturated rings. The van der Waals surface area contributed by atoms with E-state index in [4.69, 9.17) is 4.74 Å². The van der Waals surface area contributed by atoms with Gasteiger partial charge in [0.15, 0.2) is 6.61 Å². The summed E-state index contributed by atoms with van der Waals surface area (Å²) >= 11 is 0. The number of aromatic hydroxyl groups is 1. The second kappa shape index (κ2) is 8.26. The first-order chi connectivity index (χ1) is 12.9. The molecule has 1 aromatic rings. The molecule has 2 heterocycles. The van der Waals surface area contributed by atoms with E-state index in [-0.39, 0.29) is 22.1 Å². The number of ether oxygens (including phenoxy) is 1. The lowest BCUT2D eigenvalue weighted by molar-refractivity contribution is -0.135. The third kappa shape index (κ3) is 4.41. The number of phenols is 1. The van der Waals surface area contributed by atoms with Crippen LogP contribution in [0.15, 0.2) is 23.1 Å². The van der Waals surface area contributed by atoms with Gasteiger partial charge in [-0.3, -0.25) is 4.79 Å². The number of carbonyl (C=O) groups is 2. The van der Waals surface area contributed by atoms with Crippen molar-refractivity contribution < 1.29 is 27.9 Å². The molecule has 2 aliphatic heterocycles. The van der Waals surface area contributed by atoms with Gasteiger partial charge in [-0.15, -0.1) is 0 Å². The predicted molar refractivity (Wildman–Crippen MR) is 96.8 cm³/mol. The summed E-state index contributed by atoms with van der Waals surface area (Å²) in [6.07, 6.45) is 4.53. The van der Waals surface area contributed by atoms with Gasteiger partial charge in [-0.2, -0.15) is 4.31 Å². The maximum Gasteiger partial charge on any atom is 0.342 e. The minimum Gasteiger partial charge on any atom is -0.507 e. The van der Waals surface area contributed by atoms with Gasteiger partial charge in [0.2, 0.25) is 10.0 Å². The lowest BCUT2D eigenvalue weighted by Crippen LogP contribution is -2.38. The number of amides is 1. The SMILES string of the molecule is O=C(OCC(=O)N1CCCCC1)c1cc(S(=O)(=O)N2CCCC2)ccc1O. The second-order valence-corrected chi connectivity index (χ2v) is 8.75. The first-order valence-corrected chi connectivity index (χ1v) is 10.6. The molecule has 0 spiro atoms. The molecule has 0 saturated carbocycles. The number of carbonyl (C=O) groups excluding carboxylic acids is 2. The van der Waals surface area contributed by atoms with Gasteiger partial charge in [-0.25, -0.2) is 13.2 Å². The zero-order chi connectivity index (χ0) is 19.4. The van der Waals surface area contributed by atoms with E-state index in [2.05, 4.69) is 0 Å². The highest BCUT2D eigenvalue weighted by Crippen LogP contribution is 2.26. The average Bonchev–Trinajstić information content (AvgIpc) is 3.22. The Labute approximate surface area is 158 Å².